The van der Waals surface area contributed by atoms with Crippen LogP contribution in [0.5, 0.6) is 0 Å². The zero-order chi connectivity index (χ0) is 13.9. The lowest BCUT2D eigenvalue weighted by Crippen LogP contribution is -2.17. The van der Waals surface area contributed by atoms with Crippen LogP contribution in [0.2, 0.25) is 0 Å². The summed E-state index contributed by atoms with van der Waals surface area (Å²) in [6.45, 7) is 1.04. The highest BCUT2D eigenvalue weighted by atomic mass is 79.9. The molecule has 1 fully saturated rings. The third kappa shape index (κ3) is 3.71. The first kappa shape index (κ1) is 14.3. The second-order valence-corrected chi connectivity index (χ2v) is 6.84. The molecule has 0 unspecified atom stereocenters. The standard InChI is InChI=1S/C15H16Br2N2O/c16-10-3-6-13(17)12(8-10)14-9-19-15(20-14)2-1-7-18-11-4-5-11/h3,6,8-9,11,18H,1-2,4-5,7H2. The molecule has 0 saturated heterocycles. The van der Waals surface area contributed by atoms with Gasteiger partial charge in [0, 0.05) is 27.0 Å². The molecule has 2 aromatic rings. The Morgan fingerprint density at radius 1 is 1.30 bits per heavy atom. The summed E-state index contributed by atoms with van der Waals surface area (Å²) in [6.07, 6.45) is 6.41. The van der Waals surface area contributed by atoms with Crippen LogP contribution in [-0.4, -0.2) is 17.6 Å². The van der Waals surface area contributed by atoms with Crippen LogP contribution in [0.3, 0.4) is 0 Å². The van der Waals surface area contributed by atoms with Crippen molar-refractivity contribution in [2.75, 3.05) is 6.54 Å². The van der Waals surface area contributed by atoms with Crippen LogP contribution < -0.4 is 5.32 Å². The molecule has 3 rings (SSSR count). The summed E-state index contributed by atoms with van der Waals surface area (Å²) in [6, 6.07) is 6.80. The van der Waals surface area contributed by atoms with Crippen molar-refractivity contribution in [3.05, 3.63) is 39.2 Å². The number of hydrogen-bond donors (Lipinski definition) is 1. The number of nitrogens with one attached hydrogen (secondary N) is 1. The maximum absolute atomic E-state index is 5.84. The summed E-state index contributed by atoms with van der Waals surface area (Å²) in [4.78, 5) is 4.37. The molecule has 1 saturated carbocycles. The second kappa shape index (κ2) is 6.41. The van der Waals surface area contributed by atoms with Crippen molar-refractivity contribution in [2.45, 2.75) is 31.7 Å². The molecule has 3 nitrogen and oxygen atoms in total. The van der Waals surface area contributed by atoms with Crippen molar-refractivity contribution >= 4 is 31.9 Å². The Morgan fingerprint density at radius 3 is 2.95 bits per heavy atom. The van der Waals surface area contributed by atoms with Crippen LogP contribution in [0.25, 0.3) is 11.3 Å². The van der Waals surface area contributed by atoms with Crippen molar-refractivity contribution in [1.82, 2.24) is 10.3 Å². The predicted molar refractivity (Wildman–Crippen MR) is 86.7 cm³/mol. The summed E-state index contributed by atoms with van der Waals surface area (Å²) in [5, 5.41) is 3.50. The molecule has 5 heteroatoms. The Hall–Kier alpha value is -0.650. The molecular formula is C15H16Br2N2O. The molecule has 1 N–H and O–H groups in total. The van der Waals surface area contributed by atoms with Gasteiger partial charge in [-0.25, -0.2) is 4.98 Å². The summed E-state index contributed by atoms with van der Waals surface area (Å²) in [5.41, 5.74) is 1.02. The molecule has 1 aliphatic carbocycles. The van der Waals surface area contributed by atoms with Gasteiger partial charge < -0.3 is 9.73 Å². The molecule has 1 aliphatic rings. The molecule has 106 valence electrons. The monoisotopic (exact) mass is 398 g/mol. The van der Waals surface area contributed by atoms with E-state index in [9.17, 15) is 0 Å². The predicted octanol–water partition coefficient (Wildman–Crippen LogP) is 4.55. The molecule has 1 aromatic heterocycles. The first-order valence-electron chi connectivity index (χ1n) is 6.86. The summed E-state index contributed by atoms with van der Waals surface area (Å²) < 4.78 is 7.88. The minimum atomic E-state index is 0.771. The fraction of sp³-hybridized carbons (Fsp3) is 0.400. The number of oxazole rings is 1. The van der Waals surface area contributed by atoms with Gasteiger partial charge in [-0.05, 0) is 44.0 Å². The lowest BCUT2D eigenvalue weighted by molar-refractivity contribution is 0.491. The Labute approximate surface area is 135 Å². The van der Waals surface area contributed by atoms with Crippen LogP contribution in [-0.2, 0) is 6.42 Å². The van der Waals surface area contributed by atoms with Gasteiger partial charge in [-0.2, -0.15) is 0 Å². The zero-order valence-electron chi connectivity index (χ0n) is 11.0. The van der Waals surface area contributed by atoms with E-state index in [0.29, 0.717) is 0 Å². The first-order chi connectivity index (χ1) is 9.72. The molecule has 0 bridgehead atoms. The normalized spacial score (nSPS) is 14.7. The maximum atomic E-state index is 5.84. The van der Waals surface area contributed by atoms with Crippen LogP contribution >= 0.6 is 31.9 Å². The van der Waals surface area contributed by atoms with Gasteiger partial charge in [0.05, 0.1) is 6.20 Å². The fourth-order valence-corrected chi connectivity index (χ4v) is 2.87. The molecule has 0 spiro atoms. The fourth-order valence-electron chi connectivity index (χ4n) is 2.07. The number of hydrogen-bond acceptors (Lipinski definition) is 3. The lowest BCUT2D eigenvalue weighted by atomic mass is 10.2. The van der Waals surface area contributed by atoms with Crippen LogP contribution in [0, 0.1) is 0 Å². The van der Waals surface area contributed by atoms with E-state index in [-0.39, 0.29) is 0 Å². The van der Waals surface area contributed by atoms with Crippen molar-refractivity contribution in [2.24, 2.45) is 0 Å². The Morgan fingerprint density at radius 2 is 2.15 bits per heavy atom. The molecular weight excluding hydrogens is 384 g/mol. The summed E-state index contributed by atoms with van der Waals surface area (Å²) >= 11 is 7.02. The van der Waals surface area contributed by atoms with E-state index < -0.39 is 0 Å². The minimum Gasteiger partial charge on any atom is -0.441 e. The van der Waals surface area contributed by atoms with Crippen molar-refractivity contribution in [3.8, 4) is 11.3 Å². The van der Waals surface area contributed by atoms with E-state index >= 15 is 0 Å². The van der Waals surface area contributed by atoms with Gasteiger partial charge >= 0.3 is 0 Å². The highest BCUT2D eigenvalue weighted by Gasteiger charge is 2.19. The average molecular weight is 400 g/mol. The Bertz CT molecular complexity index is 593. The smallest absolute Gasteiger partial charge is 0.194 e. The number of rotatable bonds is 6. The van der Waals surface area contributed by atoms with Crippen molar-refractivity contribution < 1.29 is 4.42 Å². The Balaban J connectivity index is 1.61. The molecule has 0 radical (unpaired) electrons. The largest absolute Gasteiger partial charge is 0.441 e. The topological polar surface area (TPSA) is 38.1 Å². The second-order valence-electron chi connectivity index (χ2n) is 5.07. The van der Waals surface area contributed by atoms with E-state index in [2.05, 4.69) is 42.2 Å². The van der Waals surface area contributed by atoms with Gasteiger partial charge in [0.25, 0.3) is 0 Å². The van der Waals surface area contributed by atoms with Crippen molar-refractivity contribution in [3.63, 3.8) is 0 Å². The van der Waals surface area contributed by atoms with Crippen LogP contribution in [0.15, 0.2) is 37.8 Å². The molecule has 0 atom stereocenters. The Kier molecular flexibility index (Phi) is 4.58. The van der Waals surface area contributed by atoms with Crippen LogP contribution in [0.1, 0.15) is 25.2 Å². The minimum absolute atomic E-state index is 0.771. The molecule has 1 heterocycles. The van der Waals surface area contributed by atoms with E-state index in [0.717, 1.165) is 51.6 Å². The third-order valence-electron chi connectivity index (χ3n) is 3.33. The summed E-state index contributed by atoms with van der Waals surface area (Å²) in [7, 11) is 0. The van der Waals surface area contributed by atoms with Gasteiger partial charge in [0.1, 0.15) is 0 Å². The lowest BCUT2D eigenvalue weighted by Gasteiger charge is -2.02. The van der Waals surface area contributed by atoms with Gasteiger partial charge in [-0.3, -0.25) is 0 Å². The molecule has 0 aliphatic heterocycles. The van der Waals surface area contributed by atoms with E-state index in [1.54, 1.807) is 6.20 Å². The highest BCUT2D eigenvalue weighted by molar-refractivity contribution is 9.11. The molecule has 20 heavy (non-hydrogen) atoms. The summed E-state index contributed by atoms with van der Waals surface area (Å²) in [5.74, 6) is 1.62. The third-order valence-corrected chi connectivity index (χ3v) is 4.51. The molecule has 0 amide bonds. The maximum Gasteiger partial charge on any atom is 0.194 e. The SMILES string of the molecule is Brc1ccc(Br)c(-c2cnc(CCCNC3CC3)o2)c1. The van der Waals surface area contributed by atoms with E-state index in [1.165, 1.54) is 12.8 Å². The number of halogens is 2. The van der Waals surface area contributed by atoms with E-state index in [1.807, 2.05) is 18.2 Å². The molecule has 1 aromatic carbocycles. The zero-order valence-corrected chi connectivity index (χ0v) is 14.2. The number of benzene rings is 1. The van der Waals surface area contributed by atoms with Gasteiger partial charge in [-0.1, -0.05) is 31.9 Å². The van der Waals surface area contributed by atoms with Gasteiger partial charge in [0.2, 0.25) is 0 Å². The average Bonchev–Trinajstić information content (AvgIpc) is 3.15. The van der Waals surface area contributed by atoms with Gasteiger partial charge in [-0.15, -0.1) is 0 Å². The van der Waals surface area contributed by atoms with Crippen LogP contribution in [0.4, 0.5) is 0 Å². The highest BCUT2D eigenvalue weighted by Crippen LogP contribution is 2.31. The number of aryl methyl sites for hydroxylation is 1. The number of nitrogens with zero attached hydrogens (tertiary/aromatic N) is 1. The number of aromatic nitrogens is 1. The quantitative estimate of drug-likeness (QED) is 0.724. The first-order valence-corrected chi connectivity index (χ1v) is 8.44. The van der Waals surface area contributed by atoms with Crippen molar-refractivity contribution in [1.29, 1.82) is 0 Å². The van der Waals surface area contributed by atoms with Gasteiger partial charge in [0.15, 0.2) is 11.7 Å². The van der Waals surface area contributed by atoms with E-state index in [4.69, 9.17) is 4.42 Å².